The molecule has 0 radical (unpaired) electrons. The van der Waals surface area contributed by atoms with Crippen molar-refractivity contribution >= 4 is 28.5 Å². The summed E-state index contributed by atoms with van der Waals surface area (Å²) in [6.07, 6.45) is 0.392. The number of benzene rings is 1. The Kier molecular flexibility index (Phi) is 5.65. The Morgan fingerprint density at radius 2 is 1.94 bits per heavy atom. The number of rotatable bonds is 7. The van der Waals surface area contributed by atoms with E-state index in [1.54, 1.807) is 0 Å². The molecule has 1 aliphatic carbocycles. The standard InChI is InChI=1S/C24H25F2N7O2/c25-21(26)20-13-18(15-5-6-15)28-22-16(14-27-33(20)22)23(34)30-24-29-17-3-1-2-4-19(17)32(24)8-7-31-9-11-35-12-10-31/h1-4,13-15,21H,5-12H2,(H,29,30,34). The van der Waals surface area contributed by atoms with Crippen LogP contribution < -0.4 is 5.32 Å². The molecular weight excluding hydrogens is 456 g/mol. The van der Waals surface area contributed by atoms with Crippen LogP contribution in [0.3, 0.4) is 0 Å². The molecule has 35 heavy (non-hydrogen) atoms. The van der Waals surface area contributed by atoms with Gasteiger partial charge in [-0.05, 0) is 31.0 Å². The second-order valence-corrected chi connectivity index (χ2v) is 8.96. The van der Waals surface area contributed by atoms with Crippen molar-refractivity contribution in [2.45, 2.75) is 31.7 Å². The van der Waals surface area contributed by atoms with Gasteiger partial charge in [0.2, 0.25) is 5.95 Å². The number of ether oxygens (including phenoxy) is 1. The van der Waals surface area contributed by atoms with Gasteiger partial charge in [-0.15, -0.1) is 0 Å². The zero-order valence-corrected chi connectivity index (χ0v) is 19.0. The van der Waals surface area contributed by atoms with Gasteiger partial charge in [-0.3, -0.25) is 15.0 Å². The van der Waals surface area contributed by atoms with Crippen molar-refractivity contribution in [2.24, 2.45) is 0 Å². The molecule has 1 aliphatic heterocycles. The molecule has 0 bridgehead atoms. The van der Waals surface area contributed by atoms with Gasteiger partial charge in [-0.1, -0.05) is 12.1 Å². The van der Waals surface area contributed by atoms with Crippen molar-refractivity contribution in [3.8, 4) is 0 Å². The number of nitrogens with one attached hydrogen (secondary N) is 1. The zero-order valence-electron chi connectivity index (χ0n) is 19.0. The molecule has 6 rings (SSSR count). The number of carbonyl (C=O) groups is 1. The number of hydrogen-bond acceptors (Lipinski definition) is 6. The van der Waals surface area contributed by atoms with Crippen LogP contribution in [0.25, 0.3) is 16.7 Å². The molecule has 0 unspecified atom stereocenters. The molecule has 11 heteroatoms. The van der Waals surface area contributed by atoms with Crippen molar-refractivity contribution in [3.63, 3.8) is 0 Å². The van der Waals surface area contributed by atoms with Gasteiger partial charge in [0.25, 0.3) is 12.3 Å². The van der Waals surface area contributed by atoms with Gasteiger partial charge in [-0.25, -0.2) is 23.3 Å². The fraction of sp³-hybridized carbons (Fsp3) is 0.417. The highest BCUT2D eigenvalue weighted by Gasteiger charge is 2.29. The predicted molar refractivity (Wildman–Crippen MR) is 125 cm³/mol. The van der Waals surface area contributed by atoms with E-state index in [2.05, 4.69) is 25.3 Å². The minimum atomic E-state index is -2.72. The molecule has 4 aromatic rings. The molecule has 9 nitrogen and oxygen atoms in total. The van der Waals surface area contributed by atoms with E-state index in [0.29, 0.717) is 31.4 Å². The lowest BCUT2D eigenvalue weighted by Gasteiger charge is -2.26. The number of carbonyl (C=O) groups excluding carboxylic acids is 1. The molecule has 2 aliphatic rings. The van der Waals surface area contributed by atoms with Crippen molar-refractivity contribution in [1.29, 1.82) is 0 Å². The summed E-state index contributed by atoms with van der Waals surface area (Å²) in [6, 6.07) is 9.08. The maximum atomic E-state index is 13.7. The van der Waals surface area contributed by atoms with E-state index >= 15 is 0 Å². The number of amides is 1. The molecule has 3 aromatic heterocycles. The lowest BCUT2D eigenvalue weighted by molar-refractivity contribution is 0.0366. The Morgan fingerprint density at radius 1 is 1.14 bits per heavy atom. The fourth-order valence-corrected chi connectivity index (χ4v) is 4.54. The van der Waals surface area contributed by atoms with E-state index in [1.165, 1.54) is 12.3 Å². The summed E-state index contributed by atoms with van der Waals surface area (Å²) in [7, 11) is 0. The van der Waals surface area contributed by atoms with Gasteiger partial charge in [-0.2, -0.15) is 5.10 Å². The van der Waals surface area contributed by atoms with Gasteiger partial charge in [0.1, 0.15) is 11.3 Å². The van der Waals surface area contributed by atoms with Crippen molar-refractivity contribution in [1.82, 2.24) is 29.0 Å². The van der Waals surface area contributed by atoms with Crippen LogP contribution in [-0.4, -0.2) is 67.8 Å². The molecular formula is C24H25F2N7O2. The predicted octanol–water partition coefficient (Wildman–Crippen LogP) is 3.48. The molecule has 2 fully saturated rings. The smallest absolute Gasteiger partial charge is 0.280 e. The topological polar surface area (TPSA) is 89.6 Å². The number of para-hydroxylation sites is 2. The summed E-state index contributed by atoms with van der Waals surface area (Å²) in [5, 5.41) is 6.94. The van der Waals surface area contributed by atoms with Gasteiger partial charge >= 0.3 is 0 Å². The summed E-state index contributed by atoms with van der Waals surface area (Å²) in [5.74, 6) is 0.0764. The van der Waals surface area contributed by atoms with Crippen LogP contribution >= 0.6 is 0 Å². The highest BCUT2D eigenvalue weighted by Crippen LogP contribution is 2.40. The first-order valence-electron chi connectivity index (χ1n) is 11.8. The minimum Gasteiger partial charge on any atom is -0.379 e. The third-order valence-electron chi connectivity index (χ3n) is 6.61. The highest BCUT2D eigenvalue weighted by atomic mass is 19.3. The molecule has 0 spiro atoms. The van der Waals surface area contributed by atoms with E-state index in [1.807, 2.05) is 28.8 Å². The summed E-state index contributed by atoms with van der Waals surface area (Å²) in [6.45, 7) is 4.55. The van der Waals surface area contributed by atoms with Crippen molar-refractivity contribution in [3.05, 3.63) is 53.5 Å². The molecule has 1 saturated carbocycles. The number of hydrogen-bond donors (Lipinski definition) is 1. The van der Waals surface area contributed by atoms with Gasteiger partial charge in [0.05, 0.1) is 30.4 Å². The molecule has 4 heterocycles. The molecule has 1 amide bonds. The number of fused-ring (bicyclic) bond motifs is 2. The number of morpholine rings is 1. The quantitative estimate of drug-likeness (QED) is 0.435. The first-order valence-corrected chi connectivity index (χ1v) is 11.8. The second-order valence-electron chi connectivity index (χ2n) is 8.96. The zero-order chi connectivity index (χ0) is 23.9. The lowest BCUT2D eigenvalue weighted by atomic mass is 10.2. The molecule has 0 atom stereocenters. The SMILES string of the molecule is O=C(Nc1nc2ccccc2n1CCN1CCOCC1)c1cnn2c(C(F)F)cc(C3CC3)nc12. The van der Waals surface area contributed by atoms with E-state index in [4.69, 9.17) is 4.74 Å². The van der Waals surface area contributed by atoms with E-state index in [-0.39, 0.29) is 22.8 Å². The first-order chi connectivity index (χ1) is 17.1. The van der Waals surface area contributed by atoms with Crippen LogP contribution in [0.15, 0.2) is 36.5 Å². The Labute approximate surface area is 199 Å². The lowest BCUT2D eigenvalue weighted by Crippen LogP contribution is -2.38. The number of halogens is 2. The van der Waals surface area contributed by atoms with Crippen LogP contribution in [0.4, 0.5) is 14.7 Å². The number of aromatic nitrogens is 5. The summed E-state index contributed by atoms with van der Waals surface area (Å²) in [5.41, 5.74) is 2.27. The Hall–Kier alpha value is -3.44. The second kappa shape index (κ2) is 8.97. The highest BCUT2D eigenvalue weighted by molar-refractivity contribution is 6.08. The maximum absolute atomic E-state index is 13.7. The largest absolute Gasteiger partial charge is 0.379 e. The fourth-order valence-electron chi connectivity index (χ4n) is 4.54. The number of nitrogens with zero attached hydrogens (tertiary/aromatic N) is 6. The van der Waals surface area contributed by atoms with Crippen LogP contribution in [0.2, 0.25) is 0 Å². The van der Waals surface area contributed by atoms with Crippen molar-refractivity contribution in [2.75, 3.05) is 38.2 Å². The number of alkyl halides is 2. The Morgan fingerprint density at radius 3 is 2.71 bits per heavy atom. The first kappa shape index (κ1) is 22.1. The normalized spacial score (nSPS) is 17.0. The van der Waals surface area contributed by atoms with E-state index in [9.17, 15) is 13.6 Å². The van der Waals surface area contributed by atoms with E-state index < -0.39 is 12.3 Å². The van der Waals surface area contributed by atoms with Gasteiger partial charge in [0, 0.05) is 37.8 Å². The van der Waals surface area contributed by atoms with E-state index in [0.717, 1.165) is 48.0 Å². The summed E-state index contributed by atoms with van der Waals surface area (Å²) < 4.78 is 35.9. The van der Waals surface area contributed by atoms with Crippen LogP contribution in [0, 0.1) is 0 Å². The third kappa shape index (κ3) is 4.25. The molecule has 1 N–H and O–H groups in total. The Balaban J connectivity index is 1.32. The van der Waals surface area contributed by atoms with Crippen LogP contribution in [-0.2, 0) is 11.3 Å². The van der Waals surface area contributed by atoms with Crippen LogP contribution in [0.1, 0.15) is 46.9 Å². The van der Waals surface area contributed by atoms with Crippen LogP contribution in [0.5, 0.6) is 0 Å². The van der Waals surface area contributed by atoms with Gasteiger partial charge < -0.3 is 9.30 Å². The van der Waals surface area contributed by atoms with Crippen molar-refractivity contribution < 1.29 is 18.3 Å². The average molecular weight is 482 g/mol. The Bertz CT molecular complexity index is 1390. The summed E-state index contributed by atoms with van der Waals surface area (Å²) >= 11 is 0. The average Bonchev–Trinajstić information content (AvgIpc) is 3.54. The molecule has 182 valence electrons. The third-order valence-corrected chi connectivity index (χ3v) is 6.61. The number of imidazole rings is 1. The summed E-state index contributed by atoms with van der Waals surface area (Å²) in [4.78, 5) is 24.8. The molecule has 1 aromatic carbocycles. The van der Waals surface area contributed by atoms with Gasteiger partial charge in [0.15, 0.2) is 5.65 Å². The monoisotopic (exact) mass is 481 g/mol. The maximum Gasteiger partial charge on any atom is 0.280 e. The molecule has 1 saturated heterocycles. The number of anilines is 1. The minimum absolute atomic E-state index is 0.137.